The Morgan fingerprint density at radius 2 is 1.47 bits per heavy atom. The molecule has 0 saturated carbocycles. The van der Waals surface area contributed by atoms with Crippen LogP contribution in [0.3, 0.4) is 0 Å². The molecule has 1 aliphatic heterocycles. The second kappa shape index (κ2) is 4.27. The van der Waals surface area contributed by atoms with E-state index in [-0.39, 0.29) is 5.41 Å². The normalized spacial score (nSPS) is 16.8. The molecule has 1 nitrogen and oxygen atoms in total. The van der Waals surface area contributed by atoms with Crippen molar-refractivity contribution in [2.24, 2.45) is 0 Å². The van der Waals surface area contributed by atoms with Crippen LogP contribution in [0.25, 0.3) is 5.57 Å². The van der Waals surface area contributed by atoms with Crippen LogP contribution in [0, 0.1) is 0 Å². The largest absolute Gasteiger partial charge is 0.350 e. The third-order valence-corrected chi connectivity index (χ3v) is 4.04. The van der Waals surface area contributed by atoms with Crippen molar-refractivity contribution < 1.29 is 0 Å². The maximum Gasteiger partial charge on any atom is 0.0445 e. The molecule has 2 aromatic rings. The number of para-hydroxylation sites is 1. The summed E-state index contributed by atoms with van der Waals surface area (Å²) in [5, 5.41) is 0. The van der Waals surface area contributed by atoms with Crippen molar-refractivity contribution in [2.75, 3.05) is 11.9 Å². The van der Waals surface area contributed by atoms with Gasteiger partial charge < -0.3 is 4.90 Å². The molecule has 0 spiro atoms. The molecule has 0 fully saturated rings. The van der Waals surface area contributed by atoms with Gasteiger partial charge >= 0.3 is 0 Å². The van der Waals surface area contributed by atoms with Gasteiger partial charge in [0.2, 0.25) is 0 Å². The number of fused-ring (bicyclic) bond motifs is 1. The molecule has 0 bridgehead atoms. The Labute approximate surface area is 115 Å². The molecule has 0 N–H and O–H groups in total. The lowest BCUT2D eigenvalue weighted by Gasteiger charge is -2.38. The Bertz CT molecular complexity index is 623. The number of hydrogen-bond acceptors (Lipinski definition) is 1. The molecule has 1 aliphatic rings. The highest BCUT2D eigenvalue weighted by Gasteiger charge is 2.33. The zero-order valence-electron chi connectivity index (χ0n) is 11.7. The van der Waals surface area contributed by atoms with Crippen LogP contribution in [-0.2, 0) is 5.41 Å². The first-order chi connectivity index (χ1) is 9.10. The molecule has 3 rings (SSSR count). The number of rotatable bonds is 1. The topological polar surface area (TPSA) is 3.24 Å². The van der Waals surface area contributed by atoms with E-state index in [2.05, 4.69) is 86.6 Å². The van der Waals surface area contributed by atoms with Crippen LogP contribution in [0.15, 0.2) is 60.8 Å². The number of anilines is 1. The Morgan fingerprint density at radius 1 is 0.842 bits per heavy atom. The van der Waals surface area contributed by atoms with Crippen molar-refractivity contribution in [3.8, 4) is 0 Å². The fourth-order valence-corrected chi connectivity index (χ4v) is 2.93. The molecule has 19 heavy (non-hydrogen) atoms. The van der Waals surface area contributed by atoms with E-state index < -0.39 is 0 Å². The van der Waals surface area contributed by atoms with Gasteiger partial charge in [-0.15, -0.1) is 0 Å². The highest BCUT2D eigenvalue weighted by atomic mass is 15.1. The molecule has 1 heteroatoms. The van der Waals surface area contributed by atoms with Gasteiger partial charge in [0.15, 0.2) is 0 Å². The third-order valence-electron chi connectivity index (χ3n) is 4.04. The number of allylic oxidation sites excluding steroid dienone is 1. The van der Waals surface area contributed by atoms with E-state index >= 15 is 0 Å². The lowest BCUT2D eigenvalue weighted by molar-refractivity contribution is 0.679. The van der Waals surface area contributed by atoms with E-state index in [9.17, 15) is 0 Å². The predicted molar refractivity (Wildman–Crippen MR) is 82.3 cm³/mol. The molecule has 0 amide bonds. The van der Waals surface area contributed by atoms with Crippen molar-refractivity contribution >= 4 is 11.3 Å². The average molecular weight is 249 g/mol. The molecule has 0 unspecified atom stereocenters. The SMILES string of the molecule is CN1C=C(c2ccccc2)C(C)(C)c2ccccc21. The van der Waals surface area contributed by atoms with E-state index in [1.807, 2.05) is 0 Å². The van der Waals surface area contributed by atoms with Gasteiger partial charge in [0.1, 0.15) is 0 Å². The summed E-state index contributed by atoms with van der Waals surface area (Å²) in [6.45, 7) is 4.61. The highest BCUT2D eigenvalue weighted by molar-refractivity contribution is 5.83. The standard InChI is InChI=1S/C18H19N/c1-18(2)15-11-7-8-12-17(15)19(3)13-16(18)14-9-5-4-6-10-14/h4-13H,1-3H3. The summed E-state index contributed by atoms with van der Waals surface area (Å²) in [7, 11) is 2.12. The fourth-order valence-electron chi connectivity index (χ4n) is 2.93. The average Bonchev–Trinajstić information content (AvgIpc) is 2.44. The summed E-state index contributed by atoms with van der Waals surface area (Å²) in [5.41, 5.74) is 5.39. The van der Waals surface area contributed by atoms with Crippen molar-refractivity contribution in [1.29, 1.82) is 0 Å². The smallest absolute Gasteiger partial charge is 0.0445 e. The van der Waals surface area contributed by atoms with Crippen molar-refractivity contribution in [3.05, 3.63) is 71.9 Å². The van der Waals surface area contributed by atoms with Crippen LogP contribution in [0.1, 0.15) is 25.0 Å². The van der Waals surface area contributed by atoms with Crippen LogP contribution in [0.2, 0.25) is 0 Å². The molecule has 96 valence electrons. The van der Waals surface area contributed by atoms with Crippen molar-refractivity contribution in [1.82, 2.24) is 0 Å². The molecular formula is C18H19N. The predicted octanol–water partition coefficient (Wildman–Crippen LogP) is 4.46. The molecule has 0 aromatic heterocycles. The summed E-state index contributed by atoms with van der Waals surface area (Å²) >= 11 is 0. The fraction of sp³-hybridized carbons (Fsp3) is 0.222. The highest BCUT2D eigenvalue weighted by Crippen LogP contribution is 2.45. The number of nitrogens with zero attached hydrogens (tertiary/aromatic N) is 1. The van der Waals surface area contributed by atoms with Crippen molar-refractivity contribution in [2.45, 2.75) is 19.3 Å². The van der Waals surface area contributed by atoms with Crippen LogP contribution in [0.5, 0.6) is 0 Å². The van der Waals surface area contributed by atoms with E-state index in [1.165, 1.54) is 22.4 Å². The van der Waals surface area contributed by atoms with Gasteiger partial charge in [-0.2, -0.15) is 0 Å². The Kier molecular flexibility index (Phi) is 2.70. The van der Waals surface area contributed by atoms with Crippen LogP contribution < -0.4 is 4.90 Å². The number of benzene rings is 2. The van der Waals surface area contributed by atoms with Gasteiger partial charge in [-0.3, -0.25) is 0 Å². The van der Waals surface area contributed by atoms with E-state index in [0.717, 1.165) is 0 Å². The van der Waals surface area contributed by atoms with E-state index in [0.29, 0.717) is 0 Å². The van der Waals surface area contributed by atoms with E-state index in [4.69, 9.17) is 0 Å². The zero-order valence-corrected chi connectivity index (χ0v) is 11.7. The molecular weight excluding hydrogens is 230 g/mol. The lowest BCUT2D eigenvalue weighted by Crippen LogP contribution is -2.29. The Hall–Kier alpha value is -2.02. The van der Waals surface area contributed by atoms with Crippen LogP contribution >= 0.6 is 0 Å². The summed E-state index contributed by atoms with van der Waals surface area (Å²) in [5.74, 6) is 0. The first kappa shape index (κ1) is 12.0. The summed E-state index contributed by atoms with van der Waals surface area (Å²) in [6, 6.07) is 19.3. The zero-order chi connectivity index (χ0) is 13.5. The summed E-state index contributed by atoms with van der Waals surface area (Å²) in [6.07, 6.45) is 2.26. The Morgan fingerprint density at radius 3 is 2.21 bits per heavy atom. The second-order valence-electron chi connectivity index (χ2n) is 5.66. The van der Waals surface area contributed by atoms with Crippen LogP contribution in [0.4, 0.5) is 5.69 Å². The molecule has 2 aromatic carbocycles. The molecule has 1 heterocycles. The van der Waals surface area contributed by atoms with Gasteiger partial charge in [0, 0.05) is 24.4 Å². The van der Waals surface area contributed by atoms with E-state index in [1.54, 1.807) is 0 Å². The van der Waals surface area contributed by atoms with Gasteiger partial charge in [0.05, 0.1) is 0 Å². The summed E-state index contributed by atoms with van der Waals surface area (Å²) in [4.78, 5) is 2.23. The molecule has 0 atom stereocenters. The van der Waals surface area contributed by atoms with Crippen LogP contribution in [-0.4, -0.2) is 7.05 Å². The van der Waals surface area contributed by atoms with Gasteiger partial charge in [0.25, 0.3) is 0 Å². The monoisotopic (exact) mass is 249 g/mol. The maximum atomic E-state index is 2.30. The molecule has 0 aliphatic carbocycles. The minimum atomic E-state index is 0.0322. The van der Waals surface area contributed by atoms with Crippen molar-refractivity contribution in [3.63, 3.8) is 0 Å². The quantitative estimate of drug-likeness (QED) is 0.721. The Balaban J connectivity index is 2.19. The first-order valence-electron chi connectivity index (χ1n) is 6.71. The number of hydrogen-bond donors (Lipinski definition) is 0. The lowest BCUT2D eigenvalue weighted by atomic mass is 9.72. The summed E-state index contributed by atoms with van der Waals surface area (Å²) < 4.78 is 0. The van der Waals surface area contributed by atoms with Gasteiger partial charge in [-0.1, -0.05) is 62.4 Å². The van der Waals surface area contributed by atoms with Gasteiger partial charge in [-0.05, 0) is 22.8 Å². The first-order valence-corrected chi connectivity index (χ1v) is 6.71. The minimum absolute atomic E-state index is 0.0322. The minimum Gasteiger partial charge on any atom is -0.350 e. The second-order valence-corrected chi connectivity index (χ2v) is 5.66. The molecule has 0 saturated heterocycles. The van der Waals surface area contributed by atoms with Gasteiger partial charge in [-0.25, -0.2) is 0 Å². The maximum absolute atomic E-state index is 2.30. The third kappa shape index (κ3) is 1.86. The molecule has 0 radical (unpaired) electrons.